The van der Waals surface area contributed by atoms with Gasteiger partial charge in [0.1, 0.15) is 5.82 Å². The van der Waals surface area contributed by atoms with Crippen LogP contribution in [-0.4, -0.2) is 43.4 Å². The molecule has 1 aliphatic heterocycles. The second-order valence-corrected chi connectivity index (χ2v) is 4.83. The molecule has 0 unspecified atom stereocenters. The molecule has 1 aromatic rings. The summed E-state index contributed by atoms with van der Waals surface area (Å²) in [5.74, 6) is 0.791. The maximum atomic E-state index is 12.8. The van der Waals surface area contributed by atoms with E-state index in [9.17, 15) is 4.39 Å². The lowest BCUT2D eigenvalue weighted by Gasteiger charge is -2.36. The summed E-state index contributed by atoms with van der Waals surface area (Å²) in [7, 11) is 0. The van der Waals surface area contributed by atoms with Crippen molar-refractivity contribution in [2.75, 3.05) is 43.4 Å². The summed E-state index contributed by atoms with van der Waals surface area (Å²) in [6.07, 6.45) is 1.15. The Bertz CT molecular complexity index is 343. The topological polar surface area (TPSA) is 6.48 Å². The van der Waals surface area contributed by atoms with Gasteiger partial charge in [0.15, 0.2) is 0 Å². The highest BCUT2D eigenvalue weighted by atomic mass is 35.5. The number of rotatable bonds is 4. The van der Waals surface area contributed by atoms with Gasteiger partial charge in [0.25, 0.3) is 0 Å². The molecule has 2 nitrogen and oxygen atoms in total. The normalized spacial score (nSPS) is 15.6. The van der Waals surface area contributed by atoms with Crippen LogP contribution in [0.3, 0.4) is 0 Å². The molecule has 1 saturated heterocycles. The summed E-state index contributed by atoms with van der Waals surface area (Å²) >= 11 is 4.23. The largest absolute Gasteiger partial charge is 0.369 e. The van der Waals surface area contributed by atoms with E-state index >= 15 is 0 Å². The molecule has 0 aliphatic carbocycles. The van der Waals surface area contributed by atoms with Gasteiger partial charge in [-0.2, -0.15) is 12.6 Å². The highest BCUT2D eigenvalue weighted by Crippen LogP contribution is 2.16. The number of benzene rings is 1. The monoisotopic (exact) mass is 326 g/mol. The minimum atomic E-state index is -0.166. The van der Waals surface area contributed by atoms with E-state index < -0.39 is 0 Å². The van der Waals surface area contributed by atoms with Crippen LogP contribution < -0.4 is 4.90 Å². The van der Waals surface area contributed by atoms with Gasteiger partial charge in [0.05, 0.1) is 0 Å². The Morgan fingerprint density at radius 3 is 2.11 bits per heavy atom. The average molecular weight is 327 g/mol. The number of nitrogens with zero attached hydrogens (tertiary/aromatic N) is 2. The lowest BCUT2D eigenvalue weighted by Crippen LogP contribution is -2.46. The van der Waals surface area contributed by atoms with E-state index in [2.05, 4.69) is 22.4 Å². The van der Waals surface area contributed by atoms with Gasteiger partial charge in [-0.1, -0.05) is 0 Å². The van der Waals surface area contributed by atoms with Crippen LogP contribution in [0.4, 0.5) is 10.1 Å². The van der Waals surface area contributed by atoms with Crippen molar-refractivity contribution < 1.29 is 4.39 Å². The number of hydrogen-bond acceptors (Lipinski definition) is 3. The summed E-state index contributed by atoms with van der Waals surface area (Å²) < 4.78 is 12.8. The zero-order chi connectivity index (χ0) is 12.1. The van der Waals surface area contributed by atoms with Gasteiger partial charge in [0.2, 0.25) is 0 Å². The summed E-state index contributed by atoms with van der Waals surface area (Å²) in [5.41, 5.74) is 1.13. The molecule has 1 aromatic carbocycles. The third-order valence-corrected chi connectivity index (χ3v) is 3.51. The summed E-state index contributed by atoms with van der Waals surface area (Å²) in [5, 5.41) is 0. The molecule has 1 heterocycles. The first-order chi connectivity index (χ1) is 8.29. The van der Waals surface area contributed by atoms with Crippen molar-refractivity contribution in [3.8, 4) is 0 Å². The molecule has 0 N–H and O–H groups in total. The Hall–Kier alpha value is -0.160. The molecule has 0 amide bonds. The summed E-state index contributed by atoms with van der Waals surface area (Å²) in [4.78, 5) is 4.78. The molecular formula is C13H21Cl2FN2S. The van der Waals surface area contributed by atoms with Crippen LogP contribution in [0.5, 0.6) is 0 Å². The van der Waals surface area contributed by atoms with Crippen LogP contribution in [0.25, 0.3) is 0 Å². The second-order valence-electron chi connectivity index (χ2n) is 4.38. The third kappa shape index (κ3) is 5.78. The zero-order valence-electron chi connectivity index (χ0n) is 10.8. The van der Waals surface area contributed by atoms with Crippen LogP contribution in [0.1, 0.15) is 6.42 Å². The molecule has 2 rings (SSSR count). The number of anilines is 1. The summed E-state index contributed by atoms with van der Waals surface area (Å²) in [6.45, 7) is 5.37. The van der Waals surface area contributed by atoms with E-state index in [-0.39, 0.29) is 30.6 Å². The van der Waals surface area contributed by atoms with Crippen LogP contribution in [0.2, 0.25) is 0 Å². The van der Waals surface area contributed by atoms with Crippen molar-refractivity contribution in [2.45, 2.75) is 6.42 Å². The maximum absolute atomic E-state index is 12.8. The predicted molar refractivity (Wildman–Crippen MR) is 88.0 cm³/mol. The number of thiol groups is 1. The van der Waals surface area contributed by atoms with Crippen molar-refractivity contribution in [3.63, 3.8) is 0 Å². The average Bonchev–Trinajstić information content (AvgIpc) is 2.38. The van der Waals surface area contributed by atoms with Gasteiger partial charge < -0.3 is 4.90 Å². The lowest BCUT2D eigenvalue weighted by molar-refractivity contribution is 0.259. The molecule has 6 heteroatoms. The maximum Gasteiger partial charge on any atom is 0.123 e. The molecule has 0 aromatic heterocycles. The Kier molecular flexibility index (Phi) is 9.62. The van der Waals surface area contributed by atoms with Crippen molar-refractivity contribution in [3.05, 3.63) is 30.1 Å². The molecule has 0 bridgehead atoms. The zero-order valence-corrected chi connectivity index (χ0v) is 13.3. The van der Waals surface area contributed by atoms with E-state index in [0.717, 1.165) is 50.6 Å². The predicted octanol–water partition coefficient (Wildman–Crippen LogP) is 3.11. The van der Waals surface area contributed by atoms with E-state index in [0.29, 0.717) is 0 Å². The van der Waals surface area contributed by atoms with Crippen molar-refractivity contribution in [1.82, 2.24) is 4.90 Å². The van der Waals surface area contributed by atoms with E-state index in [1.54, 1.807) is 0 Å². The van der Waals surface area contributed by atoms with Crippen LogP contribution in [0.15, 0.2) is 24.3 Å². The second kappa shape index (κ2) is 9.70. The smallest absolute Gasteiger partial charge is 0.123 e. The fourth-order valence-corrected chi connectivity index (χ4v) is 2.32. The Morgan fingerprint density at radius 2 is 1.58 bits per heavy atom. The van der Waals surface area contributed by atoms with Gasteiger partial charge in [-0.3, -0.25) is 4.90 Å². The van der Waals surface area contributed by atoms with Crippen LogP contribution in [0, 0.1) is 5.82 Å². The quantitative estimate of drug-likeness (QED) is 0.849. The number of hydrogen-bond donors (Lipinski definition) is 1. The first-order valence-corrected chi connectivity index (χ1v) is 6.76. The van der Waals surface area contributed by atoms with E-state index in [4.69, 9.17) is 0 Å². The minimum absolute atomic E-state index is 0. The van der Waals surface area contributed by atoms with Crippen LogP contribution >= 0.6 is 37.4 Å². The lowest BCUT2D eigenvalue weighted by atomic mass is 10.2. The molecule has 110 valence electrons. The first kappa shape index (κ1) is 18.8. The molecule has 19 heavy (non-hydrogen) atoms. The van der Waals surface area contributed by atoms with Gasteiger partial charge in [-0.05, 0) is 43.0 Å². The molecule has 0 saturated carbocycles. The fourth-order valence-electron chi connectivity index (χ4n) is 2.18. The fraction of sp³-hybridized carbons (Fsp3) is 0.538. The van der Waals surface area contributed by atoms with Gasteiger partial charge in [-0.25, -0.2) is 4.39 Å². The molecule has 0 atom stereocenters. The molecule has 1 aliphatic rings. The van der Waals surface area contributed by atoms with Crippen LogP contribution in [-0.2, 0) is 0 Å². The number of halogens is 3. The standard InChI is InChI=1S/C13H19FN2S.2ClH/c14-12-2-4-13(5-3-12)16-9-7-15(8-10-16)6-1-11-17;;/h2-5,17H,1,6-11H2;2*1H. The molecule has 0 spiro atoms. The van der Waals surface area contributed by atoms with Gasteiger partial charge in [-0.15, -0.1) is 24.8 Å². The van der Waals surface area contributed by atoms with Gasteiger partial charge >= 0.3 is 0 Å². The van der Waals surface area contributed by atoms with Crippen molar-refractivity contribution in [1.29, 1.82) is 0 Å². The Morgan fingerprint density at radius 1 is 1.00 bits per heavy atom. The minimum Gasteiger partial charge on any atom is -0.369 e. The van der Waals surface area contributed by atoms with Crippen molar-refractivity contribution in [2.24, 2.45) is 0 Å². The number of piperazine rings is 1. The summed E-state index contributed by atoms with van der Waals surface area (Å²) in [6, 6.07) is 6.78. The molecule has 0 radical (unpaired) electrons. The highest BCUT2D eigenvalue weighted by Gasteiger charge is 2.16. The van der Waals surface area contributed by atoms with Crippen molar-refractivity contribution >= 4 is 43.1 Å². The third-order valence-electron chi connectivity index (χ3n) is 3.20. The van der Waals surface area contributed by atoms with E-state index in [1.165, 1.54) is 12.1 Å². The Labute approximate surface area is 132 Å². The molecular weight excluding hydrogens is 306 g/mol. The first-order valence-electron chi connectivity index (χ1n) is 6.13. The van der Waals surface area contributed by atoms with E-state index in [1.807, 2.05) is 12.1 Å². The molecule has 1 fully saturated rings. The van der Waals surface area contributed by atoms with Gasteiger partial charge in [0, 0.05) is 31.9 Å². The Balaban J connectivity index is 0.00000162. The SMILES string of the molecule is Cl.Cl.Fc1ccc(N2CCN(CCCS)CC2)cc1. The highest BCUT2D eigenvalue weighted by molar-refractivity contribution is 7.80.